The van der Waals surface area contributed by atoms with E-state index in [4.69, 9.17) is 0 Å². The average Bonchev–Trinajstić information content (AvgIpc) is 3.30. The normalized spacial score (nSPS) is 14.9. The summed E-state index contributed by atoms with van der Waals surface area (Å²) in [6.07, 6.45) is 4.28. The van der Waals surface area contributed by atoms with Gasteiger partial charge in [0.2, 0.25) is 0 Å². The van der Waals surface area contributed by atoms with Crippen LogP contribution >= 0.6 is 0 Å². The number of pyridine rings is 1. The van der Waals surface area contributed by atoms with Crippen LogP contribution < -0.4 is 4.90 Å². The fourth-order valence-electron chi connectivity index (χ4n) is 4.27. The van der Waals surface area contributed by atoms with Gasteiger partial charge >= 0.3 is 12.1 Å². The Kier molecular flexibility index (Phi) is 6.40. The second-order valence-electron chi connectivity index (χ2n) is 8.41. The number of carboxylic acids is 1. The number of aromatic carboxylic acids is 1. The first-order valence-corrected chi connectivity index (χ1v) is 10.9. The second-order valence-corrected chi connectivity index (χ2v) is 8.41. The SMILES string of the molecule is Cc1cc(-n2cc(C(F)(F)F)cn2)ccc1CN(c1ccc(C(=O)O)cn1)C1CCCCC1. The van der Waals surface area contributed by atoms with Crippen molar-refractivity contribution < 1.29 is 23.1 Å². The summed E-state index contributed by atoms with van der Waals surface area (Å²) < 4.78 is 40.0. The molecule has 174 valence electrons. The van der Waals surface area contributed by atoms with Crippen LogP contribution in [0.25, 0.3) is 5.69 Å². The molecule has 0 radical (unpaired) electrons. The van der Waals surface area contributed by atoms with E-state index in [-0.39, 0.29) is 5.56 Å². The summed E-state index contributed by atoms with van der Waals surface area (Å²) in [5.41, 5.74) is 1.86. The molecule has 2 aromatic heterocycles. The van der Waals surface area contributed by atoms with E-state index in [1.54, 1.807) is 18.2 Å². The zero-order valence-corrected chi connectivity index (χ0v) is 18.2. The largest absolute Gasteiger partial charge is 0.478 e. The summed E-state index contributed by atoms with van der Waals surface area (Å²) >= 11 is 0. The van der Waals surface area contributed by atoms with Crippen LogP contribution in [-0.4, -0.2) is 31.9 Å². The van der Waals surface area contributed by atoms with E-state index in [1.807, 2.05) is 19.1 Å². The number of anilines is 1. The quantitative estimate of drug-likeness (QED) is 0.518. The van der Waals surface area contributed by atoms with E-state index in [0.29, 0.717) is 18.3 Å². The highest BCUT2D eigenvalue weighted by molar-refractivity contribution is 5.87. The second kappa shape index (κ2) is 9.25. The molecule has 9 heteroatoms. The van der Waals surface area contributed by atoms with Gasteiger partial charge in [0.1, 0.15) is 5.82 Å². The monoisotopic (exact) mass is 458 g/mol. The topological polar surface area (TPSA) is 71.2 Å². The minimum absolute atomic E-state index is 0.139. The van der Waals surface area contributed by atoms with Crippen molar-refractivity contribution in [2.24, 2.45) is 0 Å². The van der Waals surface area contributed by atoms with Gasteiger partial charge in [-0.05, 0) is 55.2 Å². The number of hydrogen-bond donors (Lipinski definition) is 1. The Morgan fingerprint density at radius 1 is 1.15 bits per heavy atom. The van der Waals surface area contributed by atoms with Crippen LogP contribution in [0.5, 0.6) is 0 Å². The van der Waals surface area contributed by atoms with E-state index in [2.05, 4.69) is 15.0 Å². The van der Waals surface area contributed by atoms with Gasteiger partial charge in [-0.1, -0.05) is 25.3 Å². The van der Waals surface area contributed by atoms with Crippen molar-refractivity contribution in [1.82, 2.24) is 14.8 Å². The zero-order chi connectivity index (χ0) is 23.6. The van der Waals surface area contributed by atoms with E-state index < -0.39 is 17.7 Å². The number of alkyl halides is 3. The molecule has 0 saturated heterocycles. The van der Waals surface area contributed by atoms with Crippen molar-refractivity contribution in [2.75, 3.05) is 4.90 Å². The molecule has 0 bridgehead atoms. The molecule has 1 aromatic carbocycles. The first kappa shape index (κ1) is 22.8. The van der Waals surface area contributed by atoms with Crippen LogP contribution in [0.4, 0.5) is 19.0 Å². The number of aryl methyl sites for hydroxylation is 1. The highest BCUT2D eigenvalue weighted by Gasteiger charge is 2.32. The maximum Gasteiger partial charge on any atom is 0.419 e. The van der Waals surface area contributed by atoms with Gasteiger partial charge < -0.3 is 10.0 Å². The van der Waals surface area contributed by atoms with Crippen molar-refractivity contribution >= 4 is 11.8 Å². The predicted octanol–water partition coefficient (Wildman–Crippen LogP) is 5.63. The standard InChI is InChI=1S/C24H25F3N4O2/c1-16-11-21(31-15-19(13-29-31)24(25,26)27)9-7-18(16)14-30(20-5-3-2-4-6-20)22-10-8-17(12-28-22)23(32)33/h7-13,15,20H,2-6,14H2,1H3,(H,32,33). The highest BCUT2D eigenvalue weighted by Crippen LogP contribution is 2.31. The van der Waals surface area contributed by atoms with Gasteiger partial charge in [0.25, 0.3) is 0 Å². The fraction of sp³-hybridized carbons (Fsp3) is 0.375. The van der Waals surface area contributed by atoms with Crippen molar-refractivity contribution in [1.29, 1.82) is 0 Å². The summed E-state index contributed by atoms with van der Waals surface area (Å²) in [6, 6.07) is 9.08. The molecular formula is C24H25F3N4O2. The third-order valence-corrected chi connectivity index (χ3v) is 6.15. The number of aromatic nitrogens is 3. The molecule has 0 aliphatic heterocycles. The van der Waals surface area contributed by atoms with Crippen molar-refractivity contribution in [3.05, 3.63) is 71.2 Å². The zero-order valence-electron chi connectivity index (χ0n) is 18.2. The lowest BCUT2D eigenvalue weighted by molar-refractivity contribution is -0.137. The van der Waals surface area contributed by atoms with Crippen LogP contribution in [0.2, 0.25) is 0 Å². The third-order valence-electron chi connectivity index (χ3n) is 6.15. The van der Waals surface area contributed by atoms with Crippen LogP contribution in [0.15, 0.2) is 48.9 Å². The van der Waals surface area contributed by atoms with Crippen LogP contribution in [-0.2, 0) is 12.7 Å². The number of hydrogen-bond acceptors (Lipinski definition) is 4. The molecule has 1 aliphatic carbocycles. The van der Waals surface area contributed by atoms with Gasteiger partial charge in [-0.15, -0.1) is 0 Å². The van der Waals surface area contributed by atoms with E-state index in [0.717, 1.165) is 55.0 Å². The van der Waals surface area contributed by atoms with Gasteiger partial charge in [-0.25, -0.2) is 14.5 Å². The number of benzene rings is 1. The molecule has 0 unspecified atom stereocenters. The summed E-state index contributed by atoms with van der Waals surface area (Å²) in [6.45, 7) is 2.50. The number of rotatable bonds is 6. The maximum atomic E-state index is 12.9. The molecule has 0 atom stereocenters. The number of carboxylic acid groups (broad SMARTS) is 1. The van der Waals surface area contributed by atoms with Crippen LogP contribution in [0.1, 0.15) is 59.2 Å². The number of carbonyl (C=O) groups is 1. The van der Waals surface area contributed by atoms with Crippen molar-refractivity contribution in [3.8, 4) is 5.69 Å². The molecule has 4 rings (SSSR count). The Hall–Kier alpha value is -3.36. The smallest absolute Gasteiger partial charge is 0.419 e. The average molecular weight is 458 g/mol. The summed E-state index contributed by atoms with van der Waals surface area (Å²) in [4.78, 5) is 17.8. The minimum Gasteiger partial charge on any atom is -0.478 e. The highest BCUT2D eigenvalue weighted by atomic mass is 19.4. The molecule has 1 N–H and O–H groups in total. The number of nitrogens with zero attached hydrogens (tertiary/aromatic N) is 4. The van der Waals surface area contributed by atoms with E-state index in [1.165, 1.54) is 17.3 Å². The lowest BCUT2D eigenvalue weighted by Gasteiger charge is -2.36. The van der Waals surface area contributed by atoms with Gasteiger partial charge in [0.05, 0.1) is 23.0 Å². The first-order chi connectivity index (χ1) is 15.7. The fourth-order valence-corrected chi connectivity index (χ4v) is 4.27. The molecule has 3 aromatic rings. The van der Waals surface area contributed by atoms with E-state index >= 15 is 0 Å². The molecule has 1 fully saturated rings. The van der Waals surface area contributed by atoms with Crippen LogP contribution in [0, 0.1) is 6.92 Å². The Balaban J connectivity index is 1.60. The predicted molar refractivity (Wildman–Crippen MR) is 118 cm³/mol. The molecular weight excluding hydrogens is 433 g/mol. The third kappa shape index (κ3) is 5.18. The molecule has 0 amide bonds. The summed E-state index contributed by atoms with van der Waals surface area (Å²) in [7, 11) is 0. The summed E-state index contributed by atoms with van der Waals surface area (Å²) in [5.74, 6) is -0.297. The maximum absolute atomic E-state index is 12.9. The Labute approximate surface area is 189 Å². The molecule has 0 spiro atoms. The lowest BCUT2D eigenvalue weighted by atomic mass is 9.93. The van der Waals surface area contributed by atoms with Gasteiger partial charge in [0.15, 0.2) is 0 Å². The number of halogens is 3. The molecule has 2 heterocycles. The minimum atomic E-state index is -4.43. The van der Waals surface area contributed by atoms with E-state index in [9.17, 15) is 23.1 Å². The Morgan fingerprint density at radius 3 is 2.48 bits per heavy atom. The Bertz CT molecular complexity index is 1120. The Morgan fingerprint density at radius 2 is 1.91 bits per heavy atom. The molecule has 33 heavy (non-hydrogen) atoms. The van der Waals surface area contributed by atoms with Gasteiger partial charge in [-0.2, -0.15) is 18.3 Å². The van der Waals surface area contributed by atoms with Crippen LogP contribution in [0.3, 0.4) is 0 Å². The van der Waals surface area contributed by atoms with Crippen molar-refractivity contribution in [2.45, 2.75) is 57.8 Å². The first-order valence-electron chi connectivity index (χ1n) is 10.9. The molecule has 1 saturated carbocycles. The molecule has 6 nitrogen and oxygen atoms in total. The molecule has 1 aliphatic rings. The van der Waals surface area contributed by atoms with Crippen molar-refractivity contribution in [3.63, 3.8) is 0 Å². The van der Waals surface area contributed by atoms with Gasteiger partial charge in [0, 0.05) is 25.0 Å². The van der Waals surface area contributed by atoms with Gasteiger partial charge in [-0.3, -0.25) is 0 Å². The lowest BCUT2D eigenvalue weighted by Crippen LogP contribution is -2.37. The summed E-state index contributed by atoms with van der Waals surface area (Å²) in [5, 5.41) is 13.0.